The van der Waals surface area contributed by atoms with Crippen molar-refractivity contribution in [1.29, 1.82) is 0 Å². The van der Waals surface area contributed by atoms with E-state index in [1.54, 1.807) is 30.3 Å². The molecule has 0 aliphatic carbocycles. The van der Waals surface area contributed by atoms with Crippen LogP contribution in [0.25, 0.3) is 0 Å². The first-order valence-electron chi connectivity index (χ1n) is 8.75. The van der Waals surface area contributed by atoms with Gasteiger partial charge in [-0.25, -0.2) is 8.42 Å². The Labute approximate surface area is 173 Å². The van der Waals surface area contributed by atoms with Crippen LogP contribution in [0.4, 0.5) is 24.5 Å². The molecule has 6 nitrogen and oxygen atoms in total. The molecule has 0 fully saturated rings. The van der Waals surface area contributed by atoms with Gasteiger partial charge >= 0.3 is 6.18 Å². The second-order valence-corrected chi connectivity index (χ2v) is 8.26. The largest absolute Gasteiger partial charge is 0.490 e. The minimum atomic E-state index is -4.65. The molecule has 1 atom stereocenters. The number of nitrogens with zero attached hydrogens (tertiary/aromatic N) is 1. The second kappa shape index (κ2) is 9.21. The average molecular weight is 442 g/mol. The molecular weight excluding hydrogens is 421 g/mol. The van der Waals surface area contributed by atoms with Crippen LogP contribution in [0.15, 0.2) is 61.2 Å². The molecule has 0 bridgehead atoms. The van der Waals surface area contributed by atoms with Gasteiger partial charge in [0.05, 0.1) is 17.5 Å². The number of alkyl halides is 3. The third-order valence-electron chi connectivity index (χ3n) is 4.01. The lowest BCUT2D eigenvalue weighted by Gasteiger charge is -2.28. The number of amides is 1. The number of carbonyl (C=O) groups excluding carboxylic acids is 1. The lowest BCUT2D eigenvalue weighted by atomic mass is 10.1. The monoisotopic (exact) mass is 442 g/mol. The predicted octanol–water partition coefficient (Wildman–Crippen LogP) is 4.06. The maximum absolute atomic E-state index is 13.0. The van der Waals surface area contributed by atoms with E-state index >= 15 is 0 Å². The first-order valence-corrected chi connectivity index (χ1v) is 10.6. The normalized spacial score (nSPS) is 12.7. The van der Waals surface area contributed by atoms with Gasteiger partial charge in [0.2, 0.25) is 15.9 Å². The molecule has 30 heavy (non-hydrogen) atoms. The summed E-state index contributed by atoms with van der Waals surface area (Å²) >= 11 is 0. The Morgan fingerprint density at radius 3 is 2.40 bits per heavy atom. The van der Waals surface area contributed by atoms with Gasteiger partial charge in [-0.2, -0.15) is 13.2 Å². The highest BCUT2D eigenvalue weighted by Gasteiger charge is 2.34. The molecule has 0 aliphatic heterocycles. The zero-order chi connectivity index (χ0) is 22.5. The maximum Gasteiger partial charge on any atom is 0.416 e. The van der Waals surface area contributed by atoms with E-state index in [4.69, 9.17) is 4.74 Å². The van der Waals surface area contributed by atoms with E-state index in [1.807, 2.05) is 0 Å². The van der Waals surface area contributed by atoms with Gasteiger partial charge in [0, 0.05) is 5.69 Å². The standard InChI is InChI=1S/C20H21F3N2O4S/c1-4-12-29-18-10-8-16(9-11-18)24-19(26)14(2)25(30(3,27)28)17-7-5-6-15(13-17)20(21,22)23/h4-11,13-14H,1,12H2,2-3H3,(H,24,26)/t14-/m1/s1. The predicted molar refractivity (Wildman–Crippen MR) is 109 cm³/mol. The van der Waals surface area contributed by atoms with Crippen LogP contribution in [0.5, 0.6) is 5.75 Å². The first kappa shape index (κ1) is 23.3. The van der Waals surface area contributed by atoms with Crippen LogP contribution in [0, 0.1) is 0 Å². The maximum atomic E-state index is 13.0. The number of rotatable bonds is 8. The molecule has 0 saturated carbocycles. The van der Waals surface area contributed by atoms with Gasteiger partial charge in [-0.05, 0) is 49.4 Å². The molecule has 0 saturated heterocycles. The molecule has 0 spiro atoms. The Morgan fingerprint density at radius 2 is 1.87 bits per heavy atom. The number of sulfonamides is 1. The first-order chi connectivity index (χ1) is 13.9. The van der Waals surface area contributed by atoms with E-state index in [0.717, 1.165) is 18.4 Å². The second-order valence-electron chi connectivity index (χ2n) is 6.40. The number of halogens is 3. The van der Waals surface area contributed by atoms with Crippen LogP contribution in [0.2, 0.25) is 0 Å². The van der Waals surface area contributed by atoms with Crippen molar-refractivity contribution in [2.75, 3.05) is 22.5 Å². The summed E-state index contributed by atoms with van der Waals surface area (Å²) in [5.41, 5.74) is -0.908. The Kier molecular flexibility index (Phi) is 7.14. The van der Waals surface area contributed by atoms with Crippen molar-refractivity contribution < 1.29 is 31.1 Å². The summed E-state index contributed by atoms with van der Waals surface area (Å²) in [6.45, 7) is 5.13. The van der Waals surface area contributed by atoms with Gasteiger partial charge in [0.1, 0.15) is 18.4 Å². The van der Waals surface area contributed by atoms with E-state index in [0.29, 0.717) is 28.4 Å². The lowest BCUT2D eigenvalue weighted by molar-refractivity contribution is -0.137. The fourth-order valence-corrected chi connectivity index (χ4v) is 3.83. The number of hydrogen-bond acceptors (Lipinski definition) is 4. The van der Waals surface area contributed by atoms with E-state index in [2.05, 4.69) is 11.9 Å². The third-order valence-corrected chi connectivity index (χ3v) is 5.25. The van der Waals surface area contributed by atoms with E-state index in [9.17, 15) is 26.4 Å². The number of ether oxygens (including phenoxy) is 1. The molecule has 0 unspecified atom stereocenters. The van der Waals surface area contributed by atoms with Crippen LogP contribution in [0.1, 0.15) is 12.5 Å². The quantitative estimate of drug-likeness (QED) is 0.626. The summed E-state index contributed by atoms with van der Waals surface area (Å²) in [4.78, 5) is 12.6. The molecule has 1 N–H and O–H groups in total. The number of hydrogen-bond donors (Lipinski definition) is 1. The summed E-state index contributed by atoms with van der Waals surface area (Å²) < 4.78 is 69.6. The summed E-state index contributed by atoms with van der Waals surface area (Å²) in [6, 6.07) is 8.81. The van der Waals surface area contributed by atoms with Gasteiger partial charge in [0.15, 0.2) is 0 Å². The van der Waals surface area contributed by atoms with Gasteiger partial charge in [-0.1, -0.05) is 18.7 Å². The molecule has 2 aromatic carbocycles. The molecule has 0 aliphatic rings. The number of carbonyl (C=O) groups is 1. The zero-order valence-corrected chi connectivity index (χ0v) is 17.1. The van der Waals surface area contributed by atoms with Gasteiger partial charge in [0.25, 0.3) is 0 Å². The fraction of sp³-hybridized carbons (Fsp3) is 0.250. The molecule has 162 valence electrons. The van der Waals surface area contributed by atoms with E-state index in [-0.39, 0.29) is 5.69 Å². The summed E-state index contributed by atoms with van der Waals surface area (Å²) in [5.74, 6) is -0.166. The SMILES string of the molecule is C=CCOc1ccc(NC(=O)[C@@H](C)N(c2cccc(C(F)(F)F)c2)S(C)(=O)=O)cc1. The van der Waals surface area contributed by atoms with Gasteiger partial charge in [-0.15, -0.1) is 0 Å². The Morgan fingerprint density at radius 1 is 1.23 bits per heavy atom. The van der Waals surface area contributed by atoms with Crippen LogP contribution in [0.3, 0.4) is 0 Å². The van der Waals surface area contributed by atoms with E-state index in [1.165, 1.54) is 13.0 Å². The van der Waals surface area contributed by atoms with Crippen molar-refractivity contribution in [3.05, 3.63) is 66.7 Å². The molecule has 10 heteroatoms. The smallest absolute Gasteiger partial charge is 0.416 e. The Hall–Kier alpha value is -3.01. The average Bonchev–Trinajstić information content (AvgIpc) is 2.66. The Balaban J connectivity index is 2.26. The zero-order valence-electron chi connectivity index (χ0n) is 16.3. The Bertz CT molecular complexity index is 1010. The lowest BCUT2D eigenvalue weighted by Crippen LogP contribution is -2.45. The van der Waals surface area contributed by atoms with Crippen LogP contribution >= 0.6 is 0 Å². The summed E-state index contributed by atoms with van der Waals surface area (Å²) in [7, 11) is -4.06. The van der Waals surface area contributed by atoms with Crippen LogP contribution in [-0.2, 0) is 21.0 Å². The van der Waals surface area contributed by atoms with Crippen molar-refractivity contribution in [2.24, 2.45) is 0 Å². The molecule has 0 heterocycles. The molecule has 2 rings (SSSR count). The third kappa shape index (κ3) is 5.99. The summed E-state index contributed by atoms with van der Waals surface area (Å²) in [5, 5.41) is 2.55. The van der Waals surface area contributed by atoms with Crippen LogP contribution in [-0.4, -0.2) is 33.2 Å². The molecule has 0 aromatic heterocycles. The van der Waals surface area contributed by atoms with Crippen LogP contribution < -0.4 is 14.4 Å². The highest BCUT2D eigenvalue weighted by Crippen LogP contribution is 2.33. The highest BCUT2D eigenvalue weighted by atomic mass is 32.2. The molecule has 1 amide bonds. The van der Waals surface area contributed by atoms with Crippen molar-refractivity contribution in [3.63, 3.8) is 0 Å². The number of anilines is 2. The van der Waals surface area contributed by atoms with Gasteiger partial charge in [-0.3, -0.25) is 9.10 Å². The summed E-state index contributed by atoms with van der Waals surface area (Å²) in [6.07, 6.45) is -2.26. The molecule has 2 aromatic rings. The number of benzene rings is 2. The molecular formula is C20H21F3N2O4S. The number of nitrogens with one attached hydrogen (secondary N) is 1. The van der Waals surface area contributed by atoms with Crippen molar-refractivity contribution in [2.45, 2.75) is 19.1 Å². The minimum Gasteiger partial charge on any atom is -0.490 e. The van der Waals surface area contributed by atoms with Crippen molar-refractivity contribution in [1.82, 2.24) is 0 Å². The van der Waals surface area contributed by atoms with Crippen molar-refractivity contribution in [3.8, 4) is 5.75 Å². The topological polar surface area (TPSA) is 75.7 Å². The highest BCUT2D eigenvalue weighted by molar-refractivity contribution is 7.92. The van der Waals surface area contributed by atoms with E-state index < -0.39 is 33.7 Å². The fourth-order valence-electron chi connectivity index (χ4n) is 2.66. The minimum absolute atomic E-state index is 0.261. The van der Waals surface area contributed by atoms with Gasteiger partial charge < -0.3 is 10.1 Å². The van der Waals surface area contributed by atoms with Crippen molar-refractivity contribution >= 4 is 27.3 Å². The molecule has 0 radical (unpaired) electrons.